The Kier molecular flexibility index (Phi) is 7.84. The molecule has 0 saturated heterocycles. The lowest BCUT2D eigenvalue weighted by Crippen LogP contribution is -2.34. The Morgan fingerprint density at radius 3 is 2.28 bits per heavy atom. The van der Waals surface area contributed by atoms with Crippen LogP contribution >= 0.6 is 11.3 Å². The van der Waals surface area contributed by atoms with Crippen LogP contribution in [-0.2, 0) is 20.9 Å². The maximum Gasteiger partial charge on any atom is 0.306 e. The lowest BCUT2D eigenvalue weighted by atomic mass is 9.96. The molecule has 0 aliphatic heterocycles. The van der Waals surface area contributed by atoms with Crippen molar-refractivity contribution in [3.63, 3.8) is 0 Å². The van der Waals surface area contributed by atoms with E-state index in [1.165, 1.54) is 11.3 Å². The van der Waals surface area contributed by atoms with E-state index in [-0.39, 0.29) is 36.9 Å². The van der Waals surface area contributed by atoms with Gasteiger partial charge in [-0.2, -0.15) is 0 Å². The fourth-order valence-corrected chi connectivity index (χ4v) is 3.20. The molecule has 0 aliphatic rings. The van der Waals surface area contributed by atoms with Crippen LogP contribution in [0.2, 0.25) is 0 Å². The SMILES string of the molecule is CC(C)(C)C(=O)NCc1ccc(C(=O)COC(=O)CCC(=O)c2ccccc2)s1. The van der Waals surface area contributed by atoms with Crippen LogP contribution in [0.1, 0.15) is 58.5 Å². The van der Waals surface area contributed by atoms with Gasteiger partial charge in [0.1, 0.15) is 0 Å². The Balaban J connectivity index is 1.75. The number of carbonyl (C=O) groups is 4. The second kappa shape index (κ2) is 10.1. The maximum atomic E-state index is 12.2. The molecule has 0 unspecified atom stereocenters. The molecule has 6 nitrogen and oxygen atoms in total. The topological polar surface area (TPSA) is 89.5 Å². The van der Waals surface area contributed by atoms with E-state index in [2.05, 4.69) is 5.32 Å². The van der Waals surface area contributed by atoms with Gasteiger partial charge < -0.3 is 10.1 Å². The number of Topliss-reactive ketones (excluding diaryl/α,β-unsaturated/α-hetero) is 2. The molecule has 7 heteroatoms. The van der Waals surface area contributed by atoms with E-state index in [0.717, 1.165) is 4.88 Å². The normalized spacial score (nSPS) is 11.0. The summed E-state index contributed by atoms with van der Waals surface area (Å²) in [6.45, 7) is 5.45. The molecule has 1 aromatic heterocycles. The van der Waals surface area contributed by atoms with E-state index in [0.29, 0.717) is 17.0 Å². The van der Waals surface area contributed by atoms with E-state index in [9.17, 15) is 19.2 Å². The summed E-state index contributed by atoms with van der Waals surface area (Å²) in [6.07, 6.45) is -0.0385. The van der Waals surface area contributed by atoms with Crippen molar-refractivity contribution < 1.29 is 23.9 Å². The van der Waals surface area contributed by atoms with E-state index >= 15 is 0 Å². The largest absolute Gasteiger partial charge is 0.457 e. The average Bonchev–Trinajstić information content (AvgIpc) is 3.17. The van der Waals surface area contributed by atoms with Gasteiger partial charge in [-0.3, -0.25) is 19.2 Å². The van der Waals surface area contributed by atoms with Gasteiger partial charge in [0.15, 0.2) is 12.4 Å². The summed E-state index contributed by atoms with van der Waals surface area (Å²) in [4.78, 5) is 49.2. The van der Waals surface area contributed by atoms with Crippen molar-refractivity contribution >= 4 is 34.8 Å². The molecule has 2 aromatic rings. The van der Waals surface area contributed by atoms with Crippen molar-refractivity contribution in [3.8, 4) is 0 Å². The minimum absolute atomic E-state index is 0.0354. The van der Waals surface area contributed by atoms with E-state index in [4.69, 9.17) is 4.74 Å². The van der Waals surface area contributed by atoms with Crippen LogP contribution in [0.5, 0.6) is 0 Å². The lowest BCUT2D eigenvalue weighted by Gasteiger charge is -2.17. The summed E-state index contributed by atoms with van der Waals surface area (Å²) < 4.78 is 4.99. The van der Waals surface area contributed by atoms with Gasteiger partial charge in [-0.1, -0.05) is 51.1 Å². The molecule has 0 spiro atoms. The summed E-state index contributed by atoms with van der Waals surface area (Å²) in [5, 5.41) is 2.83. The number of ether oxygens (including phenoxy) is 1. The van der Waals surface area contributed by atoms with Gasteiger partial charge in [-0.25, -0.2) is 0 Å². The highest BCUT2D eigenvalue weighted by atomic mass is 32.1. The molecular formula is C22H25NO5S. The number of hydrogen-bond donors (Lipinski definition) is 1. The summed E-state index contributed by atoms with van der Waals surface area (Å²) in [6, 6.07) is 12.1. The molecule has 154 valence electrons. The number of esters is 1. The van der Waals surface area contributed by atoms with Crippen molar-refractivity contribution in [1.82, 2.24) is 5.32 Å². The molecule has 0 radical (unpaired) electrons. The van der Waals surface area contributed by atoms with Crippen molar-refractivity contribution in [2.75, 3.05) is 6.61 Å². The summed E-state index contributed by atoms with van der Waals surface area (Å²) in [5.74, 6) is -1.12. The van der Waals surface area contributed by atoms with Gasteiger partial charge in [0.2, 0.25) is 11.7 Å². The molecular weight excluding hydrogens is 390 g/mol. The second-order valence-corrected chi connectivity index (χ2v) is 8.74. The van der Waals surface area contributed by atoms with Crippen molar-refractivity contribution in [2.45, 2.75) is 40.2 Å². The van der Waals surface area contributed by atoms with E-state index in [1.807, 2.05) is 26.8 Å². The number of nitrogens with one attached hydrogen (secondary N) is 1. The maximum absolute atomic E-state index is 12.2. The Hall–Kier alpha value is -2.80. The third-order valence-corrected chi connectivity index (χ3v) is 5.18. The average molecular weight is 416 g/mol. The van der Waals surface area contributed by atoms with Crippen molar-refractivity contribution in [3.05, 3.63) is 57.8 Å². The number of hydrogen-bond acceptors (Lipinski definition) is 6. The quantitative estimate of drug-likeness (QED) is 0.497. The molecule has 0 aliphatic carbocycles. The molecule has 0 fully saturated rings. The molecule has 1 aromatic carbocycles. The third kappa shape index (κ3) is 7.27. The zero-order valence-electron chi connectivity index (χ0n) is 16.8. The van der Waals surface area contributed by atoms with Gasteiger partial charge in [0, 0.05) is 22.3 Å². The number of amides is 1. The van der Waals surface area contributed by atoms with Crippen molar-refractivity contribution in [2.24, 2.45) is 5.41 Å². The smallest absolute Gasteiger partial charge is 0.306 e. The first kappa shape index (κ1) is 22.5. The number of rotatable bonds is 9. The molecule has 0 saturated carbocycles. The number of ketones is 2. The first-order valence-corrected chi connectivity index (χ1v) is 10.1. The minimum atomic E-state index is -0.586. The predicted molar refractivity (Wildman–Crippen MR) is 111 cm³/mol. The summed E-state index contributed by atoms with van der Waals surface area (Å²) in [5.41, 5.74) is 0.0625. The van der Waals surface area contributed by atoms with Gasteiger partial charge in [0.05, 0.1) is 17.8 Å². The number of carbonyl (C=O) groups excluding carboxylic acids is 4. The van der Waals surface area contributed by atoms with Crippen LogP contribution in [0, 0.1) is 5.41 Å². The standard InChI is InChI=1S/C22H25NO5S/c1-22(2,3)21(27)23-13-16-9-11-19(29-16)18(25)14-28-20(26)12-10-17(24)15-7-5-4-6-8-15/h4-9,11H,10,12-14H2,1-3H3,(H,23,27). The third-order valence-electron chi connectivity index (χ3n) is 4.06. The van der Waals surface area contributed by atoms with Crippen LogP contribution in [0.15, 0.2) is 42.5 Å². The van der Waals surface area contributed by atoms with Crippen LogP contribution in [0.25, 0.3) is 0 Å². The minimum Gasteiger partial charge on any atom is -0.457 e. The Morgan fingerprint density at radius 2 is 1.62 bits per heavy atom. The Bertz CT molecular complexity index is 880. The molecule has 1 amide bonds. The highest BCUT2D eigenvalue weighted by Gasteiger charge is 2.21. The predicted octanol–water partition coefficient (Wildman–Crippen LogP) is 3.80. The number of benzene rings is 1. The Labute approximate surface area is 174 Å². The van der Waals surface area contributed by atoms with E-state index < -0.39 is 11.4 Å². The van der Waals surface area contributed by atoms with Crippen LogP contribution in [-0.4, -0.2) is 30.0 Å². The number of thiophene rings is 1. The monoisotopic (exact) mass is 415 g/mol. The van der Waals surface area contributed by atoms with E-state index in [1.54, 1.807) is 36.4 Å². The molecule has 1 N–H and O–H groups in total. The molecule has 0 atom stereocenters. The van der Waals surface area contributed by atoms with Gasteiger partial charge in [-0.15, -0.1) is 11.3 Å². The summed E-state index contributed by atoms with van der Waals surface area (Å²) >= 11 is 1.25. The zero-order valence-corrected chi connectivity index (χ0v) is 17.6. The fourth-order valence-electron chi connectivity index (χ4n) is 2.33. The lowest BCUT2D eigenvalue weighted by molar-refractivity contribution is -0.142. The molecule has 2 rings (SSSR count). The van der Waals surface area contributed by atoms with Crippen LogP contribution in [0.4, 0.5) is 0 Å². The molecule has 1 heterocycles. The van der Waals surface area contributed by atoms with Gasteiger partial charge in [-0.05, 0) is 12.1 Å². The molecule has 29 heavy (non-hydrogen) atoms. The van der Waals surface area contributed by atoms with Crippen molar-refractivity contribution in [1.29, 1.82) is 0 Å². The van der Waals surface area contributed by atoms with Crippen LogP contribution < -0.4 is 5.32 Å². The van der Waals surface area contributed by atoms with Gasteiger partial charge >= 0.3 is 5.97 Å². The van der Waals surface area contributed by atoms with Crippen LogP contribution in [0.3, 0.4) is 0 Å². The Morgan fingerprint density at radius 1 is 0.931 bits per heavy atom. The first-order valence-electron chi connectivity index (χ1n) is 9.31. The highest BCUT2D eigenvalue weighted by molar-refractivity contribution is 7.14. The van der Waals surface area contributed by atoms with Gasteiger partial charge in [0.25, 0.3) is 0 Å². The molecule has 0 bridgehead atoms. The second-order valence-electron chi connectivity index (χ2n) is 7.57. The highest BCUT2D eigenvalue weighted by Crippen LogP contribution is 2.19. The first-order chi connectivity index (χ1) is 13.7. The summed E-state index contributed by atoms with van der Waals surface area (Å²) in [7, 11) is 0. The zero-order chi connectivity index (χ0) is 21.4. The fraction of sp³-hybridized carbons (Fsp3) is 0.364.